The second-order valence-electron chi connectivity index (χ2n) is 8.14. The molecular formula is C23H29N5O2. The lowest BCUT2D eigenvalue weighted by atomic mass is 9.95. The van der Waals surface area contributed by atoms with Crippen molar-refractivity contribution in [3.05, 3.63) is 53.0 Å². The summed E-state index contributed by atoms with van der Waals surface area (Å²) in [6, 6.07) is 9.89. The number of anilines is 1. The zero-order valence-electron chi connectivity index (χ0n) is 17.7. The molecule has 158 valence electrons. The van der Waals surface area contributed by atoms with E-state index in [-0.39, 0.29) is 17.7 Å². The van der Waals surface area contributed by atoms with Crippen LogP contribution in [0.1, 0.15) is 48.3 Å². The zero-order chi connectivity index (χ0) is 21.1. The van der Waals surface area contributed by atoms with Gasteiger partial charge in [0, 0.05) is 51.5 Å². The topological polar surface area (TPSA) is 78.4 Å². The molecule has 1 aromatic heterocycles. The van der Waals surface area contributed by atoms with E-state index in [0.717, 1.165) is 54.3 Å². The van der Waals surface area contributed by atoms with Gasteiger partial charge in [0.25, 0.3) is 0 Å². The first-order valence-electron chi connectivity index (χ1n) is 10.7. The van der Waals surface area contributed by atoms with E-state index in [0.29, 0.717) is 26.1 Å². The smallest absolute Gasteiger partial charge is 0.227 e. The van der Waals surface area contributed by atoms with Crippen molar-refractivity contribution < 1.29 is 9.59 Å². The molecule has 2 amide bonds. The number of hydrogen-bond acceptors (Lipinski definition) is 5. The van der Waals surface area contributed by atoms with Crippen LogP contribution in [0.25, 0.3) is 0 Å². The van der Waals surface area contributed by atoms with E-state index in [9.17, 15) is 9.59 Å². The minimum Gasteiger partial charge on any atom is -0.373 e. The third-order valence-electron chi connectivity index (χ3n) is 6.10. The third kappa shape index (κ3) is 4.30. The number of rotatable bonds is 4. The molecule has 0 radical (unpaired) electrons. The number of fused-ring (bicyclic) bond motifs is 1. The summed E-state index contributed by atoms with van der Waals surface area (Å²) >= 11 is 0. The summed E-state index contributed by atoms with van der Waals surface area (Å²) in [6.45, 7) is 4.29. The molecular weight excluding hydrogens is 378 g/mol. The van der Waals surface area contributed by atoms with Crippen LogP contribution in [0, 0.1) is 0 Å². The molecule has 0 aliphatic carbocycles. The van der Waals surface area contributed by atoms with Crippen LogP contribution in [0.5, 0.6) is 0 Å². The van der Waals surface area contributed by atoms with E-state index < -0.39 is 0 Å². The van der Waals surface area contributed by atoms with Crippen molar-refractivity contribution in [2.75, 3.05) is 32.0 Å². The van der Waals surface area contributed by atoms with Crippen molar-refractivity contribution in [1.82, 2.24) is 19.8 Å². The van der Waals surface area contributed by atoms with Crippen LogP contribution < -0.4 is 5.32 Å². The first-order valence-corrected chi connectivity index (χ1v) is 10.7. The van der Waals surface area contributed by atoms with Gasteiger partial charge in [-0.25, -0.2) is 9.97 Å². The van der Waals surface area contributed by atoms with Crippen LogP contribution in [-0.2, 0) is 29.0 Å². The lowest BCUT2D eigenvalue weighted by molar-refractivity contribution is -0.131. The fourth-order valence-corrected chi connectivity index (χ4v) is 4.39. The van der Waals surface area contributed by atoms with E-state index in [4.69, 9.17) is 9.97 Å². The monoisotopic (exact) mass is 407 g/mol. The molecule has 1 fully saturated rings. The second-order valence-corrected chi connectivity index (χ2v) is 8.14. The molecule has 0 bridgehead atoms. The molecule has 3 heterocycles. The van der Waals surface area contributed by atoms with Gasteiger partial charge in [-0.15, -0.1) is 0 Å². The molecule has 2 aliphatic rings. The van der Waals surface area contributed by atoms with Gasteiger partial charge in [-0.2, -0.15) is 0 Å². The quantitative estimate of drug-likeness (QED) is 0.842. The van der Waals surface area contributed by atoms with E-state index in [1.165, 1.54) is 0 Å². The summed E-state index contributed by atoms with van der Waals surface area (Å²) in [6.07, 6.45) is 3.11. The normalized spacial score (nSPS) is 18.7. The number of nitrogens with zero attached hydrogens (tertiary/aromatic N) is 4. The predicted molar refractivity (Wildman–Crippen MR) is 115 cm³/mol. The van der Waals surface area contributed by atoms with Gasteiger partial charge in [0.1, 0.15) is 11.6 Å². The van der Waals surface area contributed by atoms with Crippen LogP contribution in [-0.4, -0.2) is 58.3 Å². The van der Waals surface area contributed by atoms with Gasteiger partial charge in [0.15, 0.2) is 0 Å². The van der Waals surface area contributed by atoms with Crippen molar-refractivity contribution >= 4 is 17.6 Å². The zero-order valence-corrected chi connectivity index (χ0v) is 17.7. The number of carbonyl (C=O) groups is 2. The van der Waals surface area contributed by atoms with Crippen LogP contribution in [0.3, 0.4) is 0 Å². The molecule has 30 heavy (non-hydrogen) atoms. The fourth-order valence-electron chi connectivity index (χ4n) is 4.39. The largest absolute Gasteiger partial charge is 0.373 e. The molecule has 2 aromatic rings. The van der Waals surface area contributed by atoms with E-state index in [1.54, 1.807) is 6.92 Å². The van der Waals surface area contributed by atoms with Crippen molar-refractivity contribution in [2.24, 2.45) is 0 Å². The van der Waals surface area contributed by atoms with Gasteiger partial charge in [-0.3, -0.25) is 9.59 Å². The molecule has 1 atom stereocenters. The Morgan fingerprint density at radius 3 is 2.67 bits per heavy atom. The van der Waals surface area contributed by atoms with E-state index >= 15 is 0 Å². The van der Waals surface area contributed by atoms with E-state index in [2.05, 4.69) is 5.32 Å². The van der Waals surface area contributed by atoms with Crippen LogP contribution in [0.4, 0.5) is 5.82 Å². The molecule has 0 saturated carbocycles. The highest BCUT2D eigenvalue weighted by atomic mass is 16.2. The maximum absolute atomic E-state index is 12.8. The standard InChI is InChI=1S/C23H29N5O2/c1-16(29)27-12-10-20-19(15-27)23(24-2)26-22(25-20)18-9-6-11-28(14-18)21(30)13-17-7-4-3-5-8-17/h3-5,7-8,18H,6,9-15H2,1-2H3,(H,24,25,26)/t18-/m0/s1. The van der Waals surface area contributed by atoms with Gasteiger partial charge in [0.05, 0.1) is 18.7 Å². The molecule has 0 spiro atoms. The maximum atomic E-state index is 12.8. The molecule has 1 aromatic carbocycles. The van der Waals surface area contributed by atoms with Crippen LogP contribution >= 0.6 is 0 Å². The lowest BCUT2D eigenvalue weighted by Crippen LogP contribution is -2.41. The Hall–Kier alpha value is -2.96. The predicted octanol–water partition coefficient (Wildman–Crippen LogP) is 2.37. The Labute approximate surface area is 177 Å². The third-order valence-corrected chi connectivity index (χ3v) is 6.10. The van der Waals surface area contributed by atoms with Gasteiger partial charge in [-0.05, 0) is 18.4 Å². The number of piperidine rings is 1. The summed E-state index contributed by atoms with van der Waals surface area (Å²) in [5, 5.41) is 3.19. The Bertz CT molecular complexity index is 913. The average Bonchev–Trinajstić information content (AvgIpc) is 2.78. The number of benzene rings is 1. The van der Waals surface area contributed by atoms with Gasteiger partial charge in [-0.1, -0.05) is 30.3 Å². The van der Waals surface area contributed by atoms with Crippen LogP contribution in [0.2, 0.25) is 0 Å². The molecule has 1 saturated heterocycles. The maximum Gasteiger partial charge on any atom is 0.227 e. The van der Waals surface area contributed by atoms with Gasteiger partial charge in [0.2, 0.25) is 11.8 Å². The first kappa shape index (κ1) is 20.3. The van der Waals surface area contributed by atoms with Crippen molar-refractivity contribution in [1.29, 1.82) is 0 Å². The van der Waals surface area contributed by atoms with Crippen LogP contribution in [0.15, 0.2) is 30.3 Å². The highest BCUT2D eigenvalue weighted by molar-refractivity contribution is 5.79. The van der Waals surface area contributed by atoms with Gasteiger partial charge >= 0.3 is 0 Å². The first-order chi connectivity index (χ1) is 14.5. The number of hydrogen-bond donors (Lipinski definition) is 1. The Morgan fingerprint density at radius 1 is 1.13 bits per heavy atom. The fraction of sp³-hybridized carbons (Fsp3) is 0.478. The molecule has 4 rings (SSSR count). The summed E-state index contributed by atoms with van der Waals surface area (Å²) in [5.41, 5.74) is 3.08. The Balaban J connectivity index is 1.51. The highest BCUT2D eigenvalue weighted by Crippen LogP contribution is 2.30. The lowest BCUT2D eigenvalue weighted by Gasteiger charge is -2.33. The Kier molecular flexibility index (Phi) is 5.97. The summed E-state index contributed by atoms with van der Waals surface area (Å²) in [5.74, 6) is 1.99. The molecule has 7 heteroatoms. The number of nitrogens with one attached hydrogen (secondary N) is 1. The van der Waals surface area contributed by atoms with Crippen molar-refractivity contribution in [3.8, 4) is 0 Å². The second kappa shape index (κ2) is 8.81. The molecule has 7 nitrogen and oxygen atoms in total. The number of likely N-dealkylation sites (tertiary alicyclic amines) is 1. The average molecular weight is 408 g/mol. The molecule has 1 N–H and O–H groups in total. The summed E-state index contributed by atoms with van der Waals surface area (Å²) in [7, 11) is 1.86. The highest BCUT2D eigenvalue weighted by Gasteiger charge is 2.29. The minimum absolute atomic E-state index is 0.0756. The summed E-state index contributed by atoms with van der Waals surface area (Å²) < 4.78 is 0. The van der Waals surface area contributed by atoms with Crippen molar-refractivity contribution in [3.63, 3.8) is 0 Å². The Morgan fingerprint density at radius 2 is 1.93 bits per heavy atom. The SMILES string of the molecule is CNc1nc([C@H]2CCCN(C(=O)Cc3ccccc3)C2)nc2c1CN(C(C)=O)CC2. The minimum atomic E-state index is 0.0756. The number of carbonyl (C=O) groups excluding carboxylic acids is 2. The summed E-state index contributed by atoms with van der Waals surface area (Å²) in [4.78, 5) is 38.1. The number of amides is 2. The van der Waals surface area contributed by atoms with Gasteiger partial charge < -0.3 is 15.1 Å². The molecule has 2 aliphatic heterocycles. The van der Waals surface area contributed by atoms with Crippen molar-refractivity contribution in [2.45, 2.75) is 45.1 Å². The molecule has 0 unspecified atom stereocenters. The van der Waals surface area contributed by atoms with E-state index in [1.807, 2.05) is 47.2 Å². The number of aromatic nitrogens is 2.